The van der Waals surface area contributed by atoms with Gasteiger partial charge in [0.25, 0.3) is 0 Å². The van der Waals surface area contributed by atoms with Crippen LogP contribution in [-0.2, 0) is 19.1 Å². The summed E-state index contributed by atoms with van der Waals surface area (Å²) < 4.78 is 10.4. The van der Waals surface area contributed by atoms with Gasteiger partial charge in [0.05, 0.1) is 33.1 Å². The summed E-state index contributed by atoms with van der Waals surface area (Å²) >= 11 is 0. The zero-order chi connectivity index (χ0) is 16.4. The molecular weight excluding hydrogens is 284 g/mol. The lowest BCUT2D eigenvalue weighted by Gasteiger charge is -2.31. The summed E-state index contributed by atoms with van der Waals surface area (Å²) in [6.07, 6.45) is 0. The van der Waals surface area contributed by atoms with Crippen LogP contribution in [0.2, 0.25) is 25.2 Å². The summed E-state index contributed by atoms with van der Waals surface area (Å²) in [5, 5.41) is 0. The summed E-state index contributed by atoms with van der Waals surface area (Å²) in [5.74, 6) is -1.54. The van der Waals surface area contributed by atoms with Crippen molar-refractivity contribution in [2.24, 2.45) is 17.8 Å². The second-order valence-electron chi connectivity index (χ2n) is 6.76. The monoisotopic (exact) mass is 312 g/mol. The lowest BCUT2D eigenvalue weighted by Crippen LogP contribution is -2.39. The third kappa shape index (κ3) is 3.57. The van der Waals surface area contributed by atoms with E-state index in [9.17, 15) is 9.59 Å². The number of hydrogen-bond donors (Lipinski definition) is 0. The van der Waals surface area contributed by atoms with Crippen molar-refractivity contribution >= 4 is 20.0 Å². The van der Waals surface area contributed by atoms with Gasteiger partial charge in [0.1, 0.15) is 0 Å². The van der Waals surface area contributed by atoms with E-state index in [0.717, 1.165) is 5.57 Å². The Kier molecular flexibility index (Phi) is 5.79. The van der Waals surface area contributed by atoms with Gasteiger partial charge in [-0.1, -0.05) is 38.7 Å². The molecule has 0 spiro atoms. The first kappa shape index (κ1) is 17.9. The zero-order valence-corrected chi connectivity index (χ0v) is 15.1. The second-order valence-corrected chi connectivity index (χ2v) is 12.1. The van der Waals surface area contributed by atoms with Crippen LogP contribution in [0.4, 0.5) is 0 Å². The summed E-state index contributed by atoms with van der Waals surface area (Å²) in [6.45, 7) is 17.0. The van der Waals surface area contributed by atoms with Gasteiger partial charge in [-0.15, -0.1) is 0 Å². The molecule has 1 aliphatic carbocycles. The average molecular weight is 312 g/mol. The lowest BCUT2D eigenvalue weighted by molar-refractivity contribution is -0.160. The van der Waals surface area contributed by atoms with E-state index in [1.54, 1.807) is 13.8 Å². The molecule has 1 rings (SSSR count). The largest absolute Gasteiger partial charge is 0.466 e. The smallest absolute Gasteiger partial charge is 0.310 e. The maximum absolute atomic E-state index is 12.5. The third-order valence-electron chi connectivity index (χ3n) is 4.32. The van der Waals surface area contributed by atoms with Crippen molar-refractivity contribution < 1.29 is 19.1 Å². The minimum Gasteiger partial charge on any atom is -0.466 e. The molecule has 21 heavy (non-hydrogen) atoms. The first-order chi connectivity index (χ1) is 9.66. The molecular formula is C16H28O4Si. The molecule has 5 heteroatoms. The van der Waals surface area contributed by atoms with E-state index in [1.165, 1.54) is 0 Å². The quantitative estimate of drug-likeness (QED) is 0.444. The van der Waals surface area contributed by atoms with E-state index in [2.05, 4.69) is 26.2 Å². The SMILES string of the molecule is C=C1C(C)C(C(=O)OCC)C(C(=O)OCC)C1[Si](C)(C)C. The minimum atomic E-state index is -1.70. The molecule has 0 aromatic heterocycles. The number of rotatable bonds is 5. The van der Waals surface area contributed by atoms with E-state index in [-0.39, 0.29) is 23.4 Å². The fourth-order valence-corrected chi connectivity index (χ4v) is 6.26. The van der Waals surface area contributed by atoms with E-state index in [0.29, 0.717) is 13.2 Å². The van der Waals surface area contributed by atoms with Crippen LogP contribution in [0.15, 0.2) is 12.2 Å². The highest BCUT2D eigenvalue weighted by Gasteiger charge is 2.56. The normalized spacial score (nSPS) is 29.3. The Morgan fingerprint density at radius 2 is 1.48 bits per heavy atom. The molecule has 0 aromatic rings. The van der Waals surface area contributed by atoms with E-state index in [1.807, 2.05) is 6.92 Å². The Hall–Kier alpha value is -1.10. The minimum absolute atomic E-state index is 0.0461. The predicted octanol–water partition coefficient (Wildman–Crippen LogP) is 3.26. The molecule has 0 bridgehead atoms. The Labute approximate surface area is 128 Å². The van der Waals surface area contributed by atoms with E-state index < -0.39 is 19.9 Å². The van der Waals surface area contributed by atoms with Crippen LogP contribution in [0.5, 0.6) is 0 Å². The van der Waals surface area contributed by atoms with Crippen molar-refractivity contribution in [3.05, 3.63) is 12.2 Å². The first-order valence-electron chi connectivity index (χ1n) is 7.68. The summed E-state index contributed by atoms with van der Waals surface area (Å²) in [5.41, 5.74) is 1.06. The number of allylic oxidation sites excluding steroid dienone is 1. The number of esters is 2. The van der Waals surface area contributed by atoms with Gasteiger partial charge < -0.3 is 9.47 Å². The molecule has 4 nitrogen and oxygen atoms in total. The first-order valence-corrected chi connectivity index (χ1v) is 11.3. The number of carbonyl (C=O) groups excluding carboxylic acids is 2. The van der Waals surface area contributed by atoms with Gasteiger partial charge in [-0.25, -0.2) is 0 Å². The van der Waals surface area contributed by atoms with Gasteiger partial charge in [0.15, 0.2) is 0 Å². The van der Waals surface area contributed by atoms with Gasteiger partial charge in [-0.05, 0) is 25.3 Å². The second kappa shape index (κ2) is 6.77. The van der Waals surface area contributed by atoms with Gasteiger partial charge >= 0.3 is 11.9 Å². The molecule has 0 N–H and O–H groups in total. The van der Waals surface area contributed by atoms with Gasteiger partial charge in [0.2, 0.25) is 0 Å². The molecule has 0 radical (unpaired) electrons. The lowest BCUT2D eigenvalue weighted by atomic mass is 9.90. The molecule has 0 aliphatic heterocycles. The van der Waals surface area contributed by atoms with Crippen LogP contribution >= 0.6 is 0 Å². The zero-order valence-electron chi connectivity index (χ0n) is 14.1. The summed E-state index contributed by atoms with van der Waals surface area (Å²) in [4.78, 5) is 24.8. The summed E-state index contributed by atoms with van der Waals surface area (Å²) in [7, 11) is -1.70. The van der Waals surface area contributed by atoms with Gasteiger partial charge in [0, 0.05) is 0 Å². The topological polar surface area (TPSA) is 52.6 Å². The van der Waals surface area contributed by atoms with Crippen LogP contribution in [-0.4, -0.2) is 33.2 Å². The molecule has 0 amide bonds. The van der Waals surface area contributed by atoms with E-state index in [4.69, 9.17) is 9.47 Å². The molecule has 120 valence electrons. The Morgan fingerprint density at radius 1 is 1.05 bits per heavy atom. The highest BCUT2D eigenvalue weighted by molar-refractivity contribution is 6.78. The summed E-state index contributed by atoms with van der Waals surface area (Å²) in [6, 6.07) is 0. The standard InChI is InChI=1S/C16H28O4Si/c1-8-19-15(17)12-10(3)11(4)14(21(5,6)7)13(12)16(18)20-9-2/h10,12-14H,4,8-9H2,1-3,5-7H3. The molecule has 0 saturated heterocycles. The Bertz CT molecular complexity index is 424. The molecule has 1 fully saturated rings. The molecule has 0 heterocycles. The predicted molar refractivity (Wildman–Crippen MR) is 85.6 cm³/mol. The number of ether oxygens (including phenoxy) is 2. The van der Waals surface area contributed by atoms with Crippen molar-refractivity contribution in [2.75, 3.05) is 13.2 Å². The number of carbonyl (C=O) groups is 2. The van der Waals surface area contributed by atoms with Crippen LogP contribution in [0.1, 0.15) is 20.8 Å². The van der Waals surface area contributed by atoms with Crippen LogP contribution < -0.4 is 0 Å². The molecule has 1 aliphatic rings. The van der Waals surface area contributed by atoms with Gasteiger partial charge in [-0.3, -0.25) is 9.59 Å². The van der Waals surface area contributed by atoms with Crippen LogP contribution in [0, 0.1) is 17.8 Å². The highest BCUT2D eigenvalue weighted by atomic mass is 28.3. The van der Waals surface area contributed by atoms with Crippen LogP contribution in [0.3, 0.4) is 0 Å². The van der Waals surface area contributed by atoms with Crippen molar-refractivity contribution in [3.63, 3.8) is 0 Å². The third-order valence-corrected chi connectivity index (χ3v) is 6.92. The highest BCUT2D eigenvalue weighted by Crippen LogP contribution is 2.53. The maximum atomic E-state index is 12.5. The van der Waals surface area contributed by atoms with Crippen molar-refractivity contribution in [1.29, 1.82) is 0 Å². The fourth-order valence-electron chi connectivity index (χ4n) is 3.47. The van der Waals surface area contributed by atoms with Crippen molar-refractivity contribution in [2.45, 2.75) is 46.0 Å². The maximum Gasteiger partial charge on any atom is 0.310 e. The molecule has 0 aromatic carbocycles. The van der Waals surface area contributed by atoms with Crippen molar-refractivity contribution in [1.82, 2.24) is 0 Å². The number of hydrogen-bond acceptors (Lipinski definition) is 4. The fraction of sp³-hybridized carbons (Fsp3) is 0.750. The molecule has 1 saturated carbocycles. The van der Waals surface area contributed by atoms with E-state index >= 15 is 0 Å². The average Bonchev–Trinajstić information content (AvgIpc) is 2.62. The molecule has 4 unspecified atom stereocenters. The Morgan fingerprint density at radius 3 is 1.86 bits per heavy atom. The molecule has 4 atom stereocenters. The van der Waals surface area contributed by atoms with Crippen molar-refractivity contribution in [3.8, 4) is 0 Å². The van der Waals surface area contributed by atoms with Gasteiger partial charge in [-0.2, -0.15) is 0 Å². The Balaban J connectivity index is 3.24. The van der Waals surface area contributed by atoms with Crippen LogP contribution in [0.25, 0.3) is 0 Å².